The second-order valence-electron chi connectivity index (χ2n) is 11.9. The van der Waals surface area contributed by atoms with Gasteiger partial charge in [-0.25, -0.2) is 0 Å². The summed E-state index contributed by atoms with van der Waals surface area (Å²) in [5, 5.41) is 9.54. The number of hydrogen-bond donors (Lipinski definition) is 0. The van der Waals surface area contributed by atoms with E-state index in [1.54, 1.807) is 12.0 Å². The number of amides is 1. The predicted molar refractivity (Wildman–Crippen MR) is 167 cm³/mol. The fraction of sp³-hybridized carbons (Fsp3) is 0.576. The maximum Gasteiger partial charge on any atom is 0.318 e. The van der Waals surface area contributed by atoms with E-state index in [1.165, 1.54) is 17.3 Å². The molecular weight excluding hydrogens is 558 g/mol. The molecule has 0 spiro atoms. The lowest BCUT2D eigenvalue weighted by molar-refractivity contribution is -0.128. The lowest BCUT2D eigenvalue weighted by Gasteiger charge is -2.43. The maximum atomic E-state index is 12.6. The Hall–Kier alpha value is -3.88. The van der Waals surface area contributed by atoms with Gasteiger partial charge in [-0.05, 0) is 55.5 Å². The predicted octanol–water partition coefficient (Wildman–Crippen LogP) is 2.62. The molecule has 4 heterocycles. The minimum Gasteiger partial charge on any atom is -0.497 e. The molecular formula is C33H43N7O4. The zero-order chi connectivity index (χ0) is 30.5. The first-order chi connectivity index (χ1) is 21.6. The normalized spacial score (nSPS) is 22.0. The van der Waals surface area contributed by atoms with Crippen LogP contribution in [0.2, 0.25) is 0 Å². The minimum atomic E-state index is -0.228. The van der Waals surface area contributed by atoms with Crippen LogP contribution in [0.3, 0.4) is 0 Å². The van der Waals surface area contributed by atoms with E-state index in [4.69, 9.17) is 24.2 Å². The number of rotatable bonds is 9. The van der Waals surface area contributed by atoms with Crippen LogP contribution in [-0.4, -0.2) is 111 Å². The fourth-order valence-corrected chi connectivity index (χ4v) is 7.08. The lowest BCUT2D eigenvalue weighted by Crippen LogP contribution is -2.55. The van der Waals surface area contributed by atoms with Gasteiger partial charge in [0.25, 0.3) is 0 Å². The SMILES string of the molecule is C=CC(=O)N1CCN(c2nc(OCCN3CCOCC3)nc3c2CCC(N2CCCc4cc(OC)ccc42)C3)C[C@@H]1CC#N. The highest BCUT2D eigenvalue weighted by Gasteiger charge is 2.35. The maximum absolute atomic E-state index is 12.6. The van der Waals surface area contributed by atoms with Crippen LogP contribution < -0.4 is 19.3 Å². The molecule has 2 atom stereocenters. The number of fused-ring (bicyclic) bond motifs is 2. The number of carbonyl (C=O) groups is 1. The molecule has 1 aliphatic carbocycles. The third kappa shape index (κ3) is 6.47. The van der Waals surface area contributed by atoms with E-state index >= 15 is 0 Å². The van der Waals surface area contributed by atoms with Crippen LogP contribution in [0.4, 0.5) is 11.5 Å². The first kappa shape index (κ1) is 30.2. The highest BCUT2D eigenvalue weighted by atomic mass is 16.5. The van der Waals surface area contributed by atoms with Gasteiger partial charge in [0, 0.05) is 69.5 Å². The zero-order valence-electron chi connectivity index (χ0n) is 25.7. The molecule has 2 aromatic rings. The van der Waals surface area contributed by atoms with Crippen LogP contribution in [0, 0.1) is 11.3 Å². The standard InChI is InChI=1S/C33H43N7O4/c1-3-31(41)40-14-13-38(23-26(40)10-11-34)32-28-8-6-25(39-12-4-5-24-21-27(42-2)7-9-30(24)39)22-29(28)35-33(36-32)44-20-17-37-15-18-43-19-16-37/h3,7,9,21,25-26H,1,4-6,8,10,12-20,22-23H2,2H3/t25?,26-/m0/s1. The summed E-state index contributed by atoms with van der Waals surface area (Å²) in [6.45, 7) is 11.0. The van der Waals surface area contributed by atoms with Crippen LogP contribution in [0.5, 0.6) is 11.8 Å². The number of nitrogens with zero attached hydrogens (tertiary/aromatic N) is 7. The number of methoxy groups -OCH3 is 1. The molecule has 0 saturated carbocycles. The molecule has 1 unspecified atom stereocenters. The third-order valence-electron chi connectivity index (χ3n) is 9.40. The van der Waals surface area contributed by atoms with E-state index < -0.39 is 0 Å². The first-order valence-electron chi connectivity index (χ1n) is 15.9. The second-order valence-corrected chi connectivity index (χ2v) is 11.9. The molecule has 3 aliphatic heterocycles. The van der Waals surface area contributed by atoms with Gasteiger partial charge in [0.05, 0.1) is 44.5 Å². The van der Waals surface area contributed by atoms with Crippen molar-refractivity contribution in [1.82, 2.24) is 19.8 Å². The number of nitriles is 1. The Balaban J connectivity index is 1.26. The first-order valence-corrected chi connectivity index (χ1v) is 15.9. The molecule has 0 bridgehead atoms. The summed E-state index contributed by atoms with van der Waals surface area (Å²) in [5.41, 5.74) is 4.83. The summed E-state index contributed by atoms with van der Waals surface area (Å²) in [7, 11) is 1.72. The van der Waals surface area contributed by atoms with Crippen molar-refractivity contribution in [2.75, 3.05) is 82.5 Å². The molecule has 0 N–H and O–H groups in total. The number of benzene rings is 1. The lowest BCUT2D eigenvalue weighted by atomic mass is 9.88. The smallest absolute Gasteiger partial charge is 0.318 e. The third-order valence-corrected chi connectivity index (χ3v) is 9.40. The summed E-state index contributed by atoms with van der Waals surface area (Å²) >= 11 is 0. The topological polar surface area (TPSA) is 107 Å². The molecule has 11 heteroatoms. The number of ether oxygens (including phenoxy) is 3. The molecule has 44 heavy (non-hydrogen) atoms. The molecule has 0 radical (unpaired) electrons. The number of aromatic nitrogens is 2. The number of hydrogen-bond acceptors (Lipinski definition) is 10. The fourth-order valence-electron chi connectivity index (χ4n) is 7.08. The quantitative estimate of drug-likeness (QED) is 0.398. The molecule has 234 valence electrons. The van der Waals surface area contributed by atoms with Crippen LogP contribution in [0.25, 0.3) is 0 Å². The number of anilines is 2. The number of piperazine rings is 1. The van der Waals surface area contributed by atoms with Gasteiger partial charge >= 0.3 is 6.01 Å². The van der Waals surface area contributed by atoms with Crippen molar-refractivity contribution in [1.29, 1.82) is 5.26 Å². The van der Waals surface area contributed by atoms with Crippen molar-refractivity contribution in [2.24, 2.45) is 0 Å². The molecule has 2 saturated heterocycles. The average molecular weight is 602 g/mol. The van der Waals surface area contributed by atoms with Gasteiger partial charge in [-0.15, -0.1) is 0 Å². The van der Waals surface area contributed by atoms with Crippen LogP contribution in [0.15, 0.2) is 30.9 Å². The van der Waals surface area contributed by atoms with Gasteiger partial charge < -0.3 is 28.9 Å². The van der Waals surface area contributed by atoms with E-state index in [9.17, 15) is 10.1 Å². The van der Waals surface area contributed by atoms with Crippen molar-refractivity contribution in [3.05, 3.63) is 47.7 Å². The molecule has 6 rings (SSSR count). The highest BCUT2D eigenvalue weighted by Crippen LogP contribution is 2.37. The Bertz CT molecular complexity index is 1390. The van der Waals surface area contributed by atoms with E-state index in [2.05, 4.69) is 45.5 Å². The minimum absolute atomic E-state index is 0.135. The summed E-state index contributed by atoms with van der Waals surface area (Å²) in [4.78, 5) is 31.4. The molecule has 4 aliphatic rings. The molecule has 1 aromatic carbocycles. The Morgan fingerprint density at radius 3 is 2.84 bits per heavy atom. The zero-order valence-corrected chi connectivity index (χ0v) is 25.7. The molecule has 11 nitrogen and oxygen atoms in total. The van der Waals surface area contributed by atoms with Crippen molar-refractivity contribution in [2.45, 2.75) is 50.6 Å². The van der Waals surface area contributed by atoms with Gasteiger partial charge in [-0.1, -0.05) is 6.58 Å². The monoisotopic (exact) mass is 601 g/mol. The van der Waals surface area contributed by atoms with Gasteiger partial charge in [-0.3, -0.25) is 9.69 Å². The van der Waals surface area contributed by atoms with Crippen LogP contribution in [0.1, 0.15) is 36.1 Å². The summed E-state index contributed by atoms with van der Waals surface area (Å²) in [5.74, 6) is 1.65. The van der Waals surface area contributed by atoms with Gasteiger partial charge in [0.15, 0.2) is 0 Å². The van der Waals surface area contributed by atoms with Gasteiger partial charge in [0.1, 0.15) is 18.2 Å². The Labute approximate surface area is 260 Å². The number of aryl methyl sites for hydroxylation is 1. The van der Waals surface area contributed by atoms with Gasteiger partial charge in [0.2, 0.25) is 5.91 Å². The van der Waals surface area contributed by atoms with E-state index in [0.717, 1.165) is 94.3 Å². The Kier molecular flexibility index (Phi) is 9.48. The van der Waals surface area contributed by atoms with E-state index in [0.29, 0.717) is 38.3 Å². The Morgan fingerprint density at radius 1 is 1.18 bits per heavy atom. The van der Waals surface area contributed by atoms with Gasteiger partial charge in [-0.2, -0.15) is 15.2 Å². The highest BCUT2D eigenvalue weighted by molar-refractivity contribution is 5.87. The average Bonchev–Trinajstić information content (AvgIpc) is 3.07. The molecule has 1 amide bonds. The van der Waals surface area contributed by atoms with Crippen LogP contribution in [-0.2, 0) is 28.8 Å². The summed E-state index contributed by atoms with van der Waals surface area (Å²) in [6, 6.07) is 9.20. The second kappa shape index (κ2) is 13.8. The van der Waals surface area contributed by atoms with Crippen molar-refractivity contribution >= 4 is 17.4 Å². The number of carbonyl (C=O) groups excluding carboxylic acids is 1. The largest absolute Gasteiger partial charge is 0.497 e. The van der Waals surface area contributed by atoms with Crippen molar-refractivity contribution in [3.63, 3.8) is 0 Å². The summed E-state index contributed by atoms with van der Waals surface area (Å²) < 4.78 is 17.2. The van der Waals surface area contributed by atoms with E-state index in [-0.39, 0.29) is 18.4 Å². The van der Waals surface area contributed by atoms with Crippen LogP contribution >= 0.6 is 0 Å². The van der Waals surface area contributed by atoms with Crippen molar-refractivity contribution < 1.29 is 19.0 Å². The van der Waals surface area contributed by atoms with Crippen molar-refractivity contribution in [3.8, 4) is 17.8 Å². The Morgan fingerprint density at radius 2 is 2.05 bits per heavy atom. The number of morpholine rings is 1. The molecule has 2 fully saturated rings. The van der Waals surface area contributed by atoms with E-state index in [1.807, 2.05) is 0 Å². The molecule has 1 aromatic heterocycles. The summed E-state index contributed by atoms with van der Waals surface area (Å²) in [6.07, 6.45) is 6.44.